The monoisotopic (exact) mass is 402 g/mol. The fourth-order valence-electron chi connectivity index (χ4n) is 3.30. The number of hydrogen-bond acceptors (Lipinski definition) is 6. The van der Waals surface area contributed by atoms with Crippen LogP contribution in [-0.4, -0.2) is 71.8 Å². The molecular formula is C21H30N4O4. The van der Waals surface area contributed by atoms with Gasteiger partial charge >= 0.3 is 12.0 Å². The Labute approximate surface area is 171 Å². The molecule has 0 saturated carbocycles. The highest BCUT2D eigenvalue weighted by atomic mass is 16.6. The van der Waals surface area contributed by atoms with Crippen LogP contribution in [0.1, 0.15) is 38.3 Å². The summed E-state index contributed by atoms with van der Waals surface area (Å²) in [5, 5.41) is 2.85. The molecule has 2 aliphatic heterocycles. The number of hydrogen-bond donors (Lipinski definition) is 1. The second-order valence-corrected chi connectivity index (χ2v) is 8.30. The number of carbonyl (C=O) groups is 2. The lowest BCUT2D eigenvalue weighted by Gasteiger charge is -2.31. The maximum Gasteiger partial charge on any atom is 0.331 e. The summed E-state index contributed by atoms with van der Waals surface area (Å²) in [5.74, 6) is 0.183. The van der Waals surface area contributed by atoms with Crippen LogP contribution in [-0.2, 0) is 20.8 Å². The third kappa shape index (κ3) is 6.54. The molecule has 158 valence electrons. The van der Waals surface area contributed by atoms with Gasteiger partial charge in [0.25, 0.3) is 0 Å². The lowest BCUT2D eigenvalue weighted by atomic mass is 10.1. The van der Waals surface area contributed by atoms with Crippen LogP contribution in [0.25, 0.3) is 6.08 Å². The number of nitrogens with zero attached hydrogens (tertiary/aromatic N) is 3. The Hall–Kier alpha value is -2.45. The first-order chi connectivity index (χ1) is 13.8. The van der Waals surface area contributed by atoms with Gasteiger partial charge in [0.05, 0.1) is 19.8 Å². The predicted molar refractivity (Wildman–Crippen MR) is 110 cm³/mol. The number of anilines is 1. The summed E-state index contributed by atoms with van der Waals surface area (Å²) in [6, 6.07) is 1.82. The van der Waals surface area contributed by atoms with Crippen molar-refractivity contribution in [3.63, 3.8) is 0 Å². The number of aromatic nitrogens is 1. The number of fused-ring (bicyclic) bond motifs is 1. The second kappa shape index (κ2) is 9.37. The molecule has 1 saturated heterocycles. The van der Waals surface area contributed by atoms with E-state index in [2.05, 4.69) is 15.2 Å². The lowest BCUT2D eigenvalue weighted by Crippen LogP contribution is -2.42. The maximum atomic E-state index is 12.3. The minimum atomic E-state index is -0.526. The average molecular weight is 402 g/mol. The van der Waals surface area contributed by atoms with Crippen LogP contribution in [0.3, 0.4) is 0 Å². The highest BCUT2D eigenvalue weighted by Crippen LogP contribution is 2.23. The van der Waals surface area contributed by atoms with Gasteiger partial charge in [-0.05, 0) is 44.9 Å². The molecule has 0 unspecified atom stereocenters. The Kier molecular flexibility index (Phi) is 6.87. The number of pyridine rings is 1. The molecule has 0 atom stereocenters. The number of carbonyl (C=O) groups excluding carboxylic acids is 2. The van der Waals surface area contributed by atoms with Crippen LogP contribution >= 0.6 is 0 Å². The van der Waals surface area contributed by atoms with Crippen molar-refractivity contribution in [1.29, 1.82) is 0 Å². The Bertz CT molecular complexity index is 766. The number of esters is 1. The molecule has 0 aromatic carbocycles. The summed E-state index contributed by atoms with van der Waals surface area (Å²) in [6.07, 6.45) is 5.62. The maximum absolute atomic E-state index is 12.3. The van der Waals surface area contributed by atoms with Gasteiger partial charge in [-0.1, -0.05) is 0 Å². The SMILES string of the molecule is CC(C)(C)OC(=O)/C=C/c1cnc2c(c1)CN(CCCN1CCOCC1)C(=O)N2. The van der Waals surface area contributed by atoms with Crippen molar-refractivity contribution >= 4 is 23.9 Å². The smallest absolute Gasteiger partial charge is 0.331 e. The van der Waals surface area contributed by atoms with E-state index in [0.29, 0.717) is 18.9 Å². The molecule has 0 aliphatic carbocycles. The number of urea groups is 1. The first kappa shape index (κ1) is 21.3. The first-order valence-electron chi connectivity index (χ1n) is 10.1. The topological polar surface area (TPSA) is 84.0 Å². The molecule has 1 aromatic heterocycles. The largest absolute Gasteiger partial charge is 0.457 e. The molecule has 8 heteroatoms. The number of ether oxygens (including phenoxy) is 2. The molecule has 0 bridgehead atoms. The molecule has 0 spiro atoms. The molecule has 0 radical (unpaired) electrons. The van der Waals surface area contributed by atoms with Gasteiger partial charge in [-0.25, -0.2) is 14.6 Å². The standard InChI is InChI=1S/C21H30N4O4/c1-21(2,3)29-18(26)6-5-16-13-17-15-25(20(27)23-19(17)22-14-16)8-4-7-24-9-11-28-12-10-24/h5-6,13-14H,4,7-12,15H2,1-3H3,(H,22,23,27)/b6-5+. The van der Waals surface area contributed by atoms with Gasteiger partial charge in [0, 0.05) is 44.0 Å². The van der Waals surface area contributed by atoms with Crippen LogP contribution in [0.15, 0.2) is 18.3 Å². The van der Waals surface area contributed by atoms with Crippen LogP contribution in [0.5, 0.6) is 0 Å². The molecule has 8 nitrogen and oxygen atoms in total. The molecule has 1 aromatic rings. The molecular weight excluding hydrogens is 372 g/mol. The van der Waals surface area contributed by atoms with Gasteiger partial charge in [0.15, 0.2) is 0 Å². The van der Waals surface area contributed by atoms with E-state index in [1.807, 2.05) is 26.8 Å². The van der Waals surface area contributed by atoms with Crippen LogP contribution in [0.2, 0.25) is 0 Å². The van der Waals surface area contributed by atoms with Crippen molar-refractivity contribution in [2.24, 2.45) is 0 Å². The molecule has 1 fully saturated rings. The normalized spacial score (nSPS) is 17.9. The number of morpholine rings is 1. The van der Waals surface area contributed by atoms with E-state index < -0.39 is 11.6 Å². The molecule has 29 heavy (non-hydrogen) atoms. The summed E-state index contributed by atoms with van der Waals surface area (Å²) in [6.45, 7) is 11.1. The van der Waals surface area contributed by atoms with Crippen molar-refractivity contribution in [1.82, 2.24) is 14.8 Å². The predicted octanol–water partition coefficient (Wildman–Crippen LogP) is 2.51. The highest BCUT2D eigenvalue weighted by molar-refractivity contribution is 5.91. The molecule has 3 heterocycles. The van der Waals surface area contributed by atoms with Crippen molar-refractivity contribution in [3.05, 3.63) is 29.5 Å². The molecule has 2 aliphatic rings. The summed E-state index contributed by atoms with van der Waals surface area (Å²) < 4.78 is 10.6. The molecule has 1 N–H and O–H groups in total. The Balaban J connectivity index is 1.56. The molecule has 3 rings (SSSR count). The van der Waals surface area contributed by atoms with E-state index >= 15 is 0 Å². The van der Waals surface area contributed by atoms with Gasteiger partial charge in [0.2, 0.25) is 0 Å². The van der Waals surface area contributed by atoms with Crippen LogP contribution < -0.4 is 5.32 Å². The zero-order valence-electron chi connectivity index (χ0n) is 17.4. The van der Waals surface area contributed by atoms with Crippen molar-refractivity contribution < 1.29 is 19.1 Å². The second-order valence-electron chi connectivity index (χ2n) is 8.30. The summed E-state index contributed by atoms with van der Waals surface area (Å²) in [5.41, 5.74) is 1.20. The summed E-state index contributed by atoms with van der Waals surface area (Å²) >= 11 is 0. The highest BCUT2D eigenvalue weighted by Gasteiger charge is 2.23. The van der Waals surface area contributed by atoms with Gasteiger partial charge in [-0.2, -0.15) is 0 Å². The quantitative estimate of drug-likeness (QED) is 0.581. The minimum Gasteiger partial charge on any atom is -0.457 e. The van der Waals surface area contributed by atoms with Crippen molar-refractivity contribution in [3.8, 4) is 0 Å². The zero-order valence-corrected chi connectivity index (χ0v) is 17.4. The fourth-order valence-corrected chi connectivity index (χ4v) is 3.30. The Morgan fingerprint density at radius 3 is 2.79 bits per heavy atom. The van der Waals surface area contributed by atoms with Crippen molar-refractivity contribution in [2.45, 2.75) is 39.3 Å². The number of rotatable bonds is 6. The number of amides is 2. The van der Waals surface area contributed by atoms with Crippen molar-refractivity contribution in [2.75, 3.05) is 44.7 Å². The summed E-state index contributed by atoms with van der Waals surface area (Å²) in [4.78, 5) is 32.7. The lowest BCUT2D eigenvalue weighted by molar-refractivity contribution is -0.148. The molecule has 2 amide bonds. The van der Waals surface area contributed by atoms with E-state index in [-0.39, 0.29) is 6.03 Å². The van der Waals surface area contributed by atoms with Gasteiger partial charge < -0.3 is 14.4 Å². The fraction of sp³-hybridized carbons (Fsp3) is 0.571. The number of nitrogens with one attached hydrogen (secondary N) is 1. The third-order valence-electron chi connectivity index (χ3n) is 4.69. The van der Waals surface area contributed by atoms with Crippen LogP contribution in [0.4, 0.5) is 10.6 Å². The summed E-state index contributed by atoms with van der Waals surface area (Å²) in [7, 11) is 0. The Morgan fingerprint density at radius 1 is 1.31 bits per heavy atom. The Morgan fingerprint density at radius 2 is 2.07 bits per heavy atom. The average Bonchev–Trinajstić information content (AvgIpc) is 2.66. The van der Waals surface area contributed by atoms with Gasteiger partial charge in [-0.15, -0.1) is 0 Å². The van der Waals surface area contributed by atoms with Gasteiger partial charge in [0.1, 0.15) is 11.4 Å². The van der Waals surface area contributed by atoms with E-state index in [0.717, 1.165) is 50.4 Å². The van der Waals surface area contributed by atoms with E-state index in [9.17, 15) is 9.59 Å². The first-order valence-corrected chi connectivity index (χ1v) is 10.1. The van der Waals surface area contributed by atoms with Crippen LogP contribution in [0, 0.1) is 0 Å². The van der Waals surface area contributed by atoms with Gasteiger partial charge in [-0.3, -0.25) is 10.2 Å². The van der Waals surface area contributed by atoms with E-state index in [1.165, 1.54) is 6.08 Å². The van der Waals surface area contributed by atoms with E-state index in [4.69, 9.17) is 9.47 Å². The minimum absolute atomic E-state index is 0.121. The zero-order chi connectivity index (χ0) is 20.9. The third-order valence-corrected chi connectivity index (χ3v) is 4.69. The van der Waals surface area contributed by atoms with E-state index in [1.54, 1.807) is 17.2 Å².